The Morgan fingerprint density at radius 2 is 1.42 bits per heavy atom. The summed E-state index contributed by atoms with van der Waals surface area (Å²) in [6.07, 6.45) is 0.384. The maximum Gasteiger partial charge on any atom is 0.210 e. The van der Waals surface area contributed by atoms with Crippen molar-refractivity contribution < 1.29 is 12.8 Å². The molecule has 2 rings (SSSR count). The third-order valence-corrected chi connectivity index (χ3v) is 4.75. The van der Waals surface area contributed by atoms with Gasteiger partial charge >= 0.3 is 0 Å². The van der Waals surface area contributed by atoms with E-state index in [0.29, 0.717) is 6.42 Å². The average Bonchev–Trinajstić information content (AvgIpc) is 2.46. The average molecular weight is 278 g/mol. The predicted molar refractivity (Wildman–Crippen MR) is 73.3 cm³/mol. The summed E-state index contributed by atoms with van der Waals surface area (Å²) in [5.74, 6) is 0. The number of alkyl halides is 1. The number of aryl methyl sites for hydroxylation is 1. The highest BCUT2D eigenvalue weighted by atomic mass is 32.2. The van der Waals surface area contributed by atoms with Crippen molar-refractivity contribution in [3.05, 3.63) is 66.2 Å². The Labute approximate surface area is 112 Å². The first-order valence-corrected chi connectivity index (χ1v) is 7.62. The Hall–Kier alpha value is -1.68. The Balaban J connectivity index is 2.06. The topological polar surface area (TPSA) is 34.1 Å². The Morgan fingerprint density at radius 3 is 2.00 bits per heavy atom. The quantitative estimate of drug-likeness (QED) is 0.840. The molecule has 0 aliphatic carbocycles. The highest BCUT2D eigenvalue weighted by Crippen LogP contribution is 2.20. The molecule has 0 heterocycles. The van der Waals surface area contributed by atoms with Crippen LogP contribution in [-0.4, -0.2) is 13.9 Å². The van der Waals surface area contributed by atoms with Crippen molar-refractivity contribution in [2.75, 3.05) is 0 Å². The molecule has 2 aromatic rings. The van der Waals surface area contributed by atoms with E-state index >= 15 is 0 Å². The zero-order valence-electron chi connectivity index (χ0n) is 10.4. The second-order valence-corrected chi connectivity index (χ2v) is 6.37. The van der Waals surface area contributed by atoms with Gasteiger partial charge in [0.2, 0.25) is 15.3 Å². The van der Waals surface area contributed by atoms with Crippen LogP contribution < -0.4 is 0 Å². The smallest absolute Gasteiger partial charge is 0.210 e. The fourth-order valence-electron chi connectivity index (χ4n) is 1.84. The number of halogens is 1. The van der Waals surface area contributed by atoms with Crippen LogP contribution in [0, 0.1) is 0 Å². The first kappa shape index (κ1) is 13.7. The van der Waals surface area contributed by atoms with Crippen LogP contribution in [0.1, 0.15) is 12.0 Å². The van der Waals surface area contributed by atoms with Crippen LogP contribution in [0.15, 0.2) is 65.6 Å². The zero-order chi connectivity index (χ0) is 13.7. The second kappa shape index (κ2) is 5.97. The Kier molecular flexibility index (Phi) is 4.32. The Bertz CT molecular complexity index is 609. The fourth-order valence-corrected chi connectivity index (χ4v) is 3.10. The lowest BCUT2D eigenvalue weighted by atomic mass is 10.1. The molecule has 0 saturated carbocycles. The molecular formula is C15H15FO2S. The van der Waals surface area contributed by atoms with Gasteiger partial charge in [-0.2, -0.15) is 0 Å². The minimum absolute atomic E-state index is 0.0265. The van der Waals surface area contributed by atoms with Crippen LogP contribution >= 0.6 is 0 Å². The molecular weight excluding hydrogens is 263 g/mol. The minimum atomic E-state index is -3.88. The van der Waals surface area contributed by atoms with E-state index in [2.05, 4.69) is 0 Å². The van der Waals surface area contributed by atoms with Gasteiger partial charge in [-0.1, -0.05) is 48.5 Å². The summed E-state index contributed by atoms with van der Waals surface area (Å²) in [5.41, 5.74) is -0.927. The van der Waals surface area contributed by atoms with E-state index in [0.717, 1.165) is 5.56 Å². The summed E-state index contributed by atoms with van der Waals surface area (Å²) in [4.78, 5) is 0.0376. The number of hydrogen-bond donors (Lipinski definition) is 0. The van der Waals surface area contributed by atoms with E-state index < -0.39 is 15.3 Å². The molecule has 2 nitrogen and oxygen atoms in total. The van der Waals surface area contributed by atoms with Crippen LogP contribution in [0.25, 0.3) is 0 Å². The molecule has 0 fully saturated rings. The van der Waals surface area contributed by atoms with E-state index in [-0.39, 0.29) is 11.3 Å². The van der Waals surface area contributed by atoms with Crippen LogP contribution in [-0.2, 0) is 16.3 Å². The summed E-state index contributed by atoms with van der Waals surface area (Å²) < 4.78 is 37.9. The third-order valence-electron chi connectivity index (χ3n) is 2.91. The monoisotopic (exact) mass is 278 g/mol. The van der Waals surface area contributed by atoms with Crippen molar-refractivity contribution in [2.24, 2.45) is 0 Å². The standard InChI is InChI=1S/C15H15FO2S/c16-15(12-11-13-7-3-1-4-8-13)19(17,18)14-9-5-2-6-10-14/h1-10,15H,11-12H2. The highest BCUT2D eigenvalue weighted by molar-refractivity contribution is 7.91. The Morgan fingerprint density at radius 1 is 0.895 bits per heavy atom. The maximum atomic E-state index is 14.0. The van der Waals surface area contributed by atoms with Crippen LogP contribution in [0.5, 0.6) is 0 Å². The minimum Gasteiger partial charge on any atom is -0.230 e. The van der Waals surface area contributed by atoms with Gasteiger partial charge < -0.3 is 0 Å². The SMILES string of the molecule is O=S(=O)(c1ccccc1)C(F)CCc1ccccc1. The molecule has 1 unspecified atom stereocenters. The van der Waals surface area contributed by atoms with Crippen molar-refractivity contribution in [2.45, 2.75) is 23.2 Å². The molecule has 0 N–H and O–H groups in total. The van der Waals surface area contributed by atoms with E-state index in [1.165, 1.54) is 12.1 Å². The molecule has 2 aromatic carbocycles. The van der Waals surface area contributed by atoms with Crippen LogP contribution in [0.2, 0.25) is 0 Å². The van der Waals surface area contributed by atoms with Gasteiger partial charge in [-0.25, -0.2) is 12.8 Å². The second-order valence-electron chi connectivity index (χ2n) is 4.29. The van der Waals surface area contributed by atoms with E-state index in [1.807, 2.05) is 30.3 Å². The first-order valence-electron chi connectivity index (χ1n) is 6.07. The van der Waals surface area contributed by atoms with Crippen LogP contribution in [0.4, 0.5) is 4.39 Å². The molecule has 0 aromatic heterocycles. The summed E-state index contributed by atoms with van der Waals surface area (Å²) in [7, 11) is -3.88. The summed E-state index contributed by atoms with van der Waals surface area (Å²) in [5, 5.41) is 0. The summed E-state index contributed by atoms with van der Waals surface area (Å²) >= 11 is 0. The van der Waals surface area contributed by atoms with Crippen molar-refractivity contribution in [1.82, 2.24) is 0 Å². The van der Waals surface area contributed by atoms with Crippen molar-refractivity contribution in [3.63, 3.8) is 0 Å². The molecule has 19 heavy (non-hydrogen) atoms. The molecule has 0 saturated heterocycles. The van der Waals surface area contributed by atoms with Crippen molar-refractivity contribution >= 4 is 9.84 Å². The van der Waals surface area contributed by atoms with Gasteiger partial charge in [-0.15, -0.1) is 0 Å². The van der Waals surface area contributed by atoms with Gasteiger partial charge in [0.25, 0.3) is 0 Å². The van der Waals surface area contributed by atoms with E-state index in [1.54, 1.807) is 18.2 Å². The first-order chi connectivity index (χ1) is 9.10. The van der Waals surface area contributed by atoms with Crippen molar-refractivity contribution in [3.8, 4) is 0 Å². The fraction of sp³-hybridized carbons (Fsp3) is 0.200. The molecule has 100 valence electrons. The van der Waals surface area contributed by atoms with Gasteiger partial charge in [0, 0.05) is 0 Å². The van der Waals surface area contributed by atoms with Gasteiger partial charge in [0.15, 0.2) is 0 Å². The lowest BCUT2D eigenvalue weighted by molar-refractivity contribution is 0.399. The molecule has 4 heteroatoms. The molecule has 0 radical (unpaired) electrons. The number of benzene rings is 2. The summed E-state index contributed by atoms with van der Waals surface area (Å²) in [6.45, 7) is 0. The largest absolute Gasteiger partial charge is 0.230 e. The number of rotatable bonds is 5. The van der Waals surface area contributed by atoms with E-state index in [4.69, 9.17) is 0 Å². The highest BCUT2D eigenvalue weighted by Gasteiger charge is 2.26. The summed E-state index contributed by atoms with van der Waals surface area (Å²) in [6, 6.07) is 17.0. The van der Waals surface area contributed by atoms with Gasteiger partial charge in [-0.05, 0) is 30.5 Å². The lowest BCUT2D eigenvalue weighted by Crippen LogP contribution is -2.17. The van der Waals surface area contributed by atoms with Gasteiger partial charge in [0.05, 0.1) is 4.90 Å². The zero-order valence-corrected chi connectivity index (χ0v) is 11.2. The predicted octanol–water partition coefficient (Wildman–Crippen LogP) is 3.39. The molecule has 1 atom stereocenters. The molecule has 0 aliphatic rings. The maximum absolute atomic E-state index is 14.0. The van der Waals surface area contributed by atoms with Gasteiger partial charge in [0.1, 0.15) is 0 Å². The third kappa shape index (κ3) is 3.41. The number of sulfone groups is 1. The normalized spacial score (nSPS) is 13.1. The van der Waals surface area contributed by atoms with Gasteiger partial charge in [-0.3, -0.25) is 0 Å². The molecule has 0 aliphatic heterocycles. The van der Waals surface area contributed by atoms with Crippen molar-refractivity contribution in [1.29, 1.82) is 0 Å². The van der Waals surface area contributed by atoms with Crippen LogP contribution in [0.3, 0.4) is 0 Å². The molecule has 0 bridgehead atoms. The van der Waals surface area contributed by atoms with E-state index in [9.17, 15) is 12.8 Å². The molecule has 0 amide bonds. The lowest BCUT2D eigenvalue weighted by Gasteiger charge is -2.10. The number of hydrogen-bond acceptors (Lipinski definition) is 2. The molecule has 0 spiro atoms.